The molecule has 1 fully saturated rings. The Morgan fingerprint density at radius 1 is 1.31 bits per heavy atom. The SMILES string of the molecule is COc1cccc(CNC(=O)N(C)C2CCc3nn(CC4CC4)c(=O)n3CC2)c1. The molecule has 4 rings (SSSR count). The predicted octanol–water partition coefficient (Wildman–Crippen LogP) is 2.01. The smallest absolute Gasteiger partial charge is 0.345 e. The molecule has 0 spiro atoms. The first kappa shape index (κ1) is 19.5. The van der Waals surface area contributed by atoms with Crippen molar-refractivity contribution in [2.75, 3.05) is 14.2 Å². The molecule has 1 aromatic carbocycles. The van der Waals surface area contributed by atoms with Gasteiger partial charge >= 0.3 is 11.7 Å². The van der Waals surface area contributed by atoms with Gasteiger partial charge in [-0.2, -0.15) is 5.10 Å². The number of nitrogens with one attached hydrogen (secondary N) is 1. The van der Waals surface area contributed by atoms with Gasteiger partial charge in [0.25, 0.3) is 0 Å². The molecule has 1 aliphatic carbocycles. The van der Waals surface area contributed by atoms with Gasteiger partial charge in [0.15, 0.2) is 0 Å². The highest BCUT2D eigenvalue weighted by Gasteiger charge is 2.28. The van der Waals surface area contributed by atoms with Crippen LogP contribution in [-0.4, -0.2) is 45.5 Å². The monoisotopic (exact) mass is 399 g/mol. The number of carbonyl (C=O) groups is 1. The maximum Gasteiger partial charge on any atom is 0.345 e. The molecular formula is C21H29N5O3. The predicted molar refractivity (Wildman–Crippen MR) is 109 cm³/mol. The van der Waals surface area contributed by atoms with Gasteiger partial charge in [-0.3, -0.25) is 4.57 Å². The fourth-order valence-electron chi connectivity index (χ4n) is 3.92. The number of hydrogen-bond donors (Lipinski definition) is 1. The van der Waals surface area contributed by atoms with Crippen molar-refractivity contribution in [3.8, 4) is 5.75 Å². The van der Waals surface area contributed by atoms with Crippen molar-refractivity contribution < 1.29 is 9.53 Å². The number of aryl methyl sites for hydroxylation is 1. The highest BCUT2D eigenvalue weighted by atomic mass is 16.5. The second-order valence-corrected chi connectivity index (χ2v) is 8.08. The van der Waals surface area contributed by atoms with Crippen molar-refractivity contribution >= 4 is 6.03 Å². The van der Waals surface area contributed by atoms with Crippen LogP contribution in [0.15, 0.2) is 29.1 Å². The third-order valence-corrected chi connectivity index (χ3v) is 5.96. The second kappa shape index (κ2) is 8.31. The van der Waals surface area contributed by atoms with Gasteiger partial charge in [0.2, 0.25) is 0 Å². The van der Waals surface area contributed by atoms with Crippen molar-refractivity contribution in [2.24, 2.45) is 5.92 Å². The maximum atomic E-state index is 12.6. The van der Waals surface area contributed by atoms with Crippen molar-refractivity contribution in [3.05, 3.63) is 46.1 Å². The van der Waals surface area contributed by atoms with E-state index in [9.17, 15) is 9.59 Å². The van der Waals surface area contributed by atoms with E-state index in [0.29, 0.717) is 25.4 Å². The molecule has 2 aromatic rings. The van der Waals surface area contributed by atoms with Gasteiger partial charge in [-0.15, -0.1) is 0 Å². The molecule has 1 atom stereocenters. The molecule has 1 aliphatic heterocycles. The van der Waals surface area contributed by atoms with Crippen LogP contribution < -0.4 is 15.7 Å². The van der Waals surface area contributed by atoms with Crippen LogP contribution in [0.5, 0.6) is 5.75 Å². The Kier molecular flexibility index (Phi) is 5.60. The summed E-state index contributed by atoms with van der Waals surface area (Å²) in [6.07, 6.45) is 4.68. The first-order chi connectivity index (χ1) is 14.0. The molecule has 156 valence electrons. The lowest BCUT2D eigenvalue weighted by Crippen LogP contribution is -2.43. The number of aromatic nitrogens is 3. The van der Waals surface area contributed by atoms with Crippen LogP contribution in [0, 0.1) is 5.92 Å². The average molecular weight is 399 g/mol. The van der Waals surface area contributed by atoms with Crippen molar-refractivity contribution in [2.45, 2.75) is 57.8 Å². The highest BCUT2D eigenvalue weighted by molar-refractivity contribution is 5.74. The number of methoxy groups -OCH3 is 1. The summed E-state index contributed by atoms with van der Waals surface area (Å²) in [4.78, 5) is 27.0. The number of rotatable bonds is 6. The number of amides is 2. The number of ether oxygens (including phenoxy) is 1. The molecule has 0 bridgehead atoms. The van der Waals surface area contributed by atoms with Crippen LogP contribution in [-0.2, 0) is 26.1 Å². The molecular weight excluding hydrogens is 370 g/mol. The minimum Gasteiger partial charge on any atom is -0.497 e. The fourth-order valence-corrected chi connectivity index (χ4v) is 3.92. The molecule has 2 amide bonds. The normalized spacial score (nSPS) is 18.6. The number of nitrogens with zero attached hydrogens (tertiary/aromatic N) is 4. The number of urea groups is 1. The Bertz CT molecular complexity index is 931. The van der Waals surface area contributed by atoms with Gasteiger partial charge in [0, 0.05) is 39.1 Å². The fraction of sp³-hybridized carbons (Fsp3) is 0.571. The molecule has 1 saturated carbocycles. The number of carbonyl (C=O) groups excluding carboxylic acids is 1. The molecule has 29 heavy (non-hydrogen) atoms. The Hall–Kier alpha value is -2.77. The first-order valence-electron chi connectivity index (χ1n) is 10.3. The quantitative estimate of drug-likeness (QED) is 0.806. The van der Waals surface area contributed by atoms with Crippen LogP contribution in [0.2, 0.25) is 0 Å². The zero-order chi connectivity index (χ0) is 20.4. The molecule has 1 unspecified atom stereocenters. The minimum atomic E-state index is -0.108. The Morgan fingerprint density at radius 3 is 2.90 bits per heavy atom. The largest absolute Gasteiger partial charge is 0.497 e. The van der Waals surface area contributed by atoms with Crippen LogP contribution in [0.25, 0.3) is 0 Å². The zero-order valence-electron chi connectivity index (χ0n) is 17.1. The third-order valence-electron chi connectivity index (χ3n) is 5.96. The zero-order valence-corrected chi connectivity index (χ0v) is 17.1. The minimum absolute atomic E-state index is 0.00215. The van der Waals surface area contributed by atoms with Gasteiger partial charge in [-0.1, -0.05) is 12.1 Å². The molecule has 0 radical (unpaired) electrons. The van der Waals surface area contributed by atoms with E-state index in [-0.39, 0.29) is 17.8 Å². The summed E-state index contributed by atoms with van der Waals surface area (Å²) in [7, 11) is 3.45. The number of benzene rings is 1. The molecule has 8 nitrogen and oxygen atoms in total. The van der Waals surface area contributed by atoms with Gasteiger partial charge in [0.1, 0.15) is 11.6 Å². The lowest BCUT2D eigenvalue weighted by atomic mass is 10.1. The summed E-state index contributed by atoms with van der Waals surface area (Å²) >= 11 is 0. The number of fused-ring (bicyclic) bond motifs is 1. The standard InChI is InChI=1S/C21H29N5O3/c1-24(20(27)22-13-16-4-3-5-18(12-16)29-2)17-8-9-19-23-26(14-15-6-7-15)21(28)25(19)11-10-17/h3-5,12,15,17H,6-11,13-14H2,1-2H3,(H,22,27). The average Bonchev–Trinajstić information content (AvgIpc) is 3.53. The summed E-state index contributed by atoms with van der Waals surface area (Å²) in [6.45, 7) is 1.80. The highest BCUT2D eigenvalue weighted by Crippen LogP contribution is 2.30. The Labute approximate surface area is 170 Å². The first-order valence-corrected chi connectivity index (χ1v) is 10.3. The van der Waals surface area contributed by atoms with Gasteiger partial charge in [-0.05, 0) is 49.3 Å². The molecule has 1 N–H and O–H groups in total. The summed E-state index contributed by atoms with van der Waals surface area (Å²) < 4.78 is 8.66. The van der Waals surface area contributed by atoms with Crippen LogP contribution in [0.3, 0.4) is 0 Å². The third kappa shape index (κ3) is 4.46. The summed E-state index contributed by atoms with van der Waals surface area (Å²) in [5.41, 5.74) is 0.987. The van der Waals surface area contributed by atoms with E-state index in [0.717, 1.165) is 36.5 Å². The number of hydrogen-bond acceptors (Lipinski definition) is 4. The molecule has 2 aliphatic rings. The van der Waals surface area contributed by atoms with E-state index in [1.165, 1.54) is 12.8 Å². The van der Waals surface area contributed by atoms with E-state index >= 15 is 0 Å². The summed E-state index contributed by atoms with van der Waals surface area (Å²) in [6, 6.07) is 7.64. The van der Waals surface area contributed by atoms with E-state index < -0.39 is 0 Å². The van der Waals surface area contributed by atoms with Crippen LogP contribution >= 0.6 is 0 Å². The molecule has 1 aromatic heterocycles. The Morgan fingerprint density at radius 2 is 2.14 bits per heavy atom. The summed E-state index contributed by atoms with van der Waals surface area (Å²) in [5, 5.41) is 7.53. The van der Waals surface area contributed by atoms with E-state index in [1.807, 2.05) is 31.3 Å². The van der Waals surface area contributed by atoms with Gasteiger partial charge < -0.3 is 15.0 Å². The van der Waals surface area contributed by atoms with Crippen LogP contribution in [0.1, 0.15) is 37.1 Å². The summed E-state index contributed by atoms with van der Waals surface area (Å²) in [5.74, 6) is 2.25. The topological polar surface area (TPSA) is 81.4 Å². The lowest BCUT2D eigenvalue weighted by Gasteiger charge is -2.27. The lowest BCUT2D eigenvalue weighted by molar-refractivity contribution is 0.182. The molecule has 0 saturated heterocycles. The van der Waals surface area contributed by atoms with Gasteiger partial charge in [0.05, 0.1) is 7.11 Å². The van der Waals surface area contributed by atoms with Gasteiger partial charge in [-0.25, -0.2) is 14.3 Å². The van der Waals surface area contributed by atoms with Crippen molar-refractivity contribution in [1.82, 2.24) is 24.6 Å². The second-order valence-electron chi connectivity index (χ2n) is 8.08. The maximum absolute atomic E-state index is 12.6. The van der Waals surface area contributed by atoms with E-state index in [1.54, 1.807) is 21.3 Å². The van der Waals surface area contributed by atoms with E-state index in [2.05, 4.69) is 10.4 Å². The van der Waals surface area contributed by atoms with Crippen molar-refractivity contribution in [3.63, 3.8) is 0 Å². The Balaban J connectivity index is 1.33. The van der Waals surface area contributed by atoms with Crippen LogP contribution in [0.4, 0.5) is 4.79 Å². The molecule has 8 heteroatoms. The van der Waals surface area contributed by atoms with Crippen molar-refractivity contribution in [1.29, 1.82) is 0 Å². The van der Waals surface area contributed by atoms with E-state index in [4.69, 9.17) is 4.74 Å². The molecule has 2 heterocycles.